The lowest BCUT2D eigenvalue weighted by Gasteiger charge is -2.10. The van der Waals surface area contributed by atoms with Gasteiger partial charge in [-0.25, -0.2) is 4.79 Å². The zero-order chi connectivity index (χ0) is 15.1. The van der Waals surface area contributed by atoms with Crippen molar-refractivity contribution < 1.29 is 21.9 Å². The summed E-state index contributed by atoms with van der Waals surface area (Å²) in [6.45, 7) is 11.2. The van der Waals surface area contributed by atoms with E-state index in [1.165, 1.54) is 6.42 Å². The van der Waals surface area contributed by atoms with Gasteiger partial charge in [-0.2, -0.15) is 13.5 Å². The largest absolute Gasteiger partial charge is 0.447 e. The molecule has 1 atom stereocenters. The van der Waals surface area contributed by atoms with Gasteiger partial charge < -0.3 is 24.8 Å². The van der Waals surface area contributed by atoms with Gasteiger partial charge >= 0.3 is 6.09 Å². The van der Waals surface area contributed by atoms with Crippen LogP contribution in [0.1, 0.15) is 30.0 Å². The molecular formula is C14H36N2O4S. The summed E-state index contributed by atoms with van der Waals surface area (Å²) >= 11 is 0. The van der Waals surface area contributed by atoms with Crippen LogP contribution in [-0.4, -0.2) is 58.8 Å². The summed E-state index contributed by atoms with van der Waals surface area (Å²) in [4.78, 5) is 10.9. The summed E-state index contributed by atoms with van der Waals surface area (Å²) in [5.74, 6) is 0.711. The van der Waals surface area contributed by atoms with Gasteiger partial charge in [-0.15, -0.1) is 0 Å². The Bertz CT molecular complexity index is 243. The molecule has 0 aliphatic rings. The van der Waals surface area contributed by atoms with Crippen LogP contribution in [0.4, 0.5) is 4.79 Å². The lowest BCUT2D eigenvalue weighted by Crippen LogP contribution is -2.26. The van der Waals surface area contributed by atoms with E-state index in [1.54, 1.807) is 0 Å². The van der Waals surface area contributed by atoms with Crippen molar-refractivity contribution in [2.24, 2.45) is 5.92 Å². The highest BCUT2D eigenvalue weighted by atomic mass is 32.1. The van der Waals surface area contributed by atoms with Gasteiger partial charge in [-0.05, 0) is 19.4 Å². The highest BCUT2D eigenvalue weighted by molar-refractivity contribution is 7.59. The number of hydrogen-bond acceptors (Lipinski definition) is 5. The first kappa shape index (κ1) is 22.8. The van der Waals surface area contributed by atoms with Crippen LogP contribution in [-0.2, 0) is 14.2 Å². The third-order valence-electron chi connectivity index (χ3n) is 2.77. The molecule has 0 fully saturated rings. The second-order valence-corrected chi connectivity index (χ2v) is 4.61. The molecule has 0 saturated heterocycles. The van der Waals surface area contributed by atoms with Crippen LogP contribution in [0, 0.1) is 5.92 Å². The lowest BCUT2D eigenvalue weighted by atomic mass is 10.1. The summed E-state index contributed by atoms with van der Waals surface area (Å²) < 4.78 is 15.5. The predicted octanol–water partition coefficient (Wildman–Crippen LogP) is 2.01. The molecule has 1 unspecified atom stereocenters. The second-order valence-electron chi connectivity index (χ2n) is 4.61. The zero-order valence-corrected chi connectivity index (χ0v) is 14.6. The third-order valence-corrected chi connectivity index (χ3v) is 2.77. The third kappa shape index (κ3) is 17.4. The van der Waals surface area contributed by atoms with Crippen LogP contribution in [0.15, 0.2) is 0 Å². The highest BCUT2D eigenvalue weighted by Gasteiger charge is 1.99. The Morgan fingerprint density at radius 2 is 1.71 bits per heavy atom. The monoisotopic (exact) mass is 328 g/mol. The summed E-state index contributed by atoms with van der Waals surface area (Å²) in [6.07, 6.45) is 0.791. The summed E-state index contributed by atoms with van der Waals surface area (Å²) in [6, 6.07) is 0. The maximum atomic E-state index is 10.9. The quantitative estimate of drug-likeness (QED) is 0.506. The Kier molecular flexibility index (Phi) is 19.0. The molecule has 1 amide bonds. The van der Waals surface area contributed by atoms with Crippen molar-refractivity contribution in [1.29, 1.82) is 0 Å². The summed E-state index contributed by atoms with van der Waals surface area (Å²) in [7, 11) is 0. The van der Waals surface area contributed by atoms with Gasteiger partial charge in [0.25, 0.3) is 0 Å². The van der Waals surface area contributed by atoms with Gasteiger partial charge in [-0.1, -0.05) is 20.3 Å². The number of carbonyl (C=O) groups excluding carboxylic acids is 1. The second kappa shape index (κ2) is 17.6. The minimum Gasteiger partial charge on any atom is -0.447 e. The van der Waals surface area contributed by atoms with E-state index < -0.39 is 6.09 Å². The minimum atomic E-state index is -0.403. The molecule has 132 valence electrons. The number of ether oxygens (including phenoxy) is 3. The first-order valence-corrected chi connectivity index (χ1v) is 7.47. The van der Waals surface area contributed by atoms with E-state index in [0.717, 1.165) is 13.1 Å². The molecule has 0 bridgehead atoms. The predicted molar refractivity (Wildman–Crippen MR) is 93.6 cm³/mol. The van der Waals surface area contributed by atoms with E-state index in [9.17, 15) is 4.79 Å². The minimum absolute atomic E-state index is 0. The zero-order valence-electron chi connectivity index (χ0n) is 13.6. The molecular weight excluding hydrogens is 292 g/mol. The van der Waals surface area contributed by atoms with Crippen LogP contribution in [0.5, 0.6) is 0 Å². The topological polar surface area (TPSA) is 68.8 Å². The fourth-order valence-corrected chi connectivity index (χ4v) is 1.35. The molecule has 21 heavy (non-hydrogen) atoms. The first-order valence-electron chi connectivity index (χ1n) is 7.47. The number of alkyl carbamates (subject to hydrolysis) is 1. The Hall–Kier alpha value is -0.500. The molecule has 6 nitrogen and oxygen atoms in total. The molecule has 0 aromatic heterocycles. The molecule has 0 spiro atoms. The molecule has 0 rings (SSSR count). The number of rotatable bonds is 13. The van der Waals surface area contributed by atoms with Crippen molar-refractivity contribution in [1.82, 2.24) is 10.6 Å². The van der Waals surface area contributed by atoms with Crippen LogP contribution < -0.4 is 10.6 Å². The fourth-order valence-electron chi connectivity index (χ4n) is 1.35. The van der Waals surface area contributed by atoms with E-state index in [2.05, 4.69) is 24.5 Å². The average Bonchev–Trinajstić information content (AvgIpc) is 2.44. The fraction of sp³-hybridized carbons (Fsp3) is 0.929. The van der Waals surface area contributed by atoms with Crippen LogP contribution in [0.2, 0.25) is 0 Å². The number of carbonyl (C=O) groups is 1. The van der Waals surface area contributed by atoms with Gasteiger partial charge in [0.05, 0.1) is 26.4 Å². The molecule has 7 heteroatoms. The summed E-state index contributed by atoms with van der Waals surface area (Å²) in [5, 5.41) is 5.88. The van der Waals surface area contributed by atoms with Crippen molar-refractivity contribution in [2.75, 3.05) is 52.7 Å². The molecule has 2 N–H and O–H groups in total. The SMILES string of the molecule is CCNC(=O)OCCOCCOCCNCC(C)CC.S.[HH].[HH]. The first-order chi connectivity index (χ1) is 9.70. The van der Waals surface area contributed by atoms with Gasteiger partial charge in [0, 0.05) is 15.9 Å². The van der Waals surface area contributed by atoms with Crippen molar-refractivity contribution in [2.45, 2.75) is 27.2 Å². The normalized spacial score (nSPS) is 11.6. The van der Waals surface area contributed by atoms with E-state index in [4.69, 9.17) is 14.2 Å². The summed E-state index contributed by atoms with van der Waals surface area (Å²) in [5.41, 5.74) is 0. The molecule has 0 heterocycles. The standard InChI is InChI=1S/C14H30N2O4.H2S.2H2/c1-4-13(3)12-15-6-7-18-8-9-19-10-11-20-14(17)16-5-2;;;/h13,15H,4-12H2,1-3H3,(H,16,17);1H2;2*1H. The molecule has 0 aromatic carbocycles. The van der Waals surface area contributed by atoms with E-state index in [0.29, 0.717) is 38.9 Å². The Labute approximate surface area is 138 Å². The van der Waals surface area contributed by atoms with E-state index >= 15 is 0 Å². The maximum Gasteiger partial charge on any atom is 0.407 e. The lowest BCUT2D eigenvalue weighted by molar-refractivity contribution is 0.0288. The highest BCUT2D eigenvalue weighted by Crippen LogP contribution is 1.96. The number of nitrogens with one attached hydrogen (secondary N) is 2. The Balaban J connectivity index is -0.000000602. The molecule has 0 saturated carbocycles. The van der Waals surface area contributed by atoms with Crippen LogP contribution >= 0.6 is 13.5 Å². The Morgan fingerprint density at radius 1 is 1.10 bits per heavy atom. The van der Waals surface area contributed by atoms with Crippen LogP contribution in [0.25, 0.3) is 0 Å². The van der Waals surface area contributed by atoms with Gasteiger partial charge in [-0.3, -0.25) is 0 Å². The van der Waals surface area contributed by atoms with Crippen molar-refractivity contribution >= 4 is 19.6 Å². The van der Waals surface area contributed by atoms with Gasteiger partial charge in [0.1, 0.15) is 6.61 Å². The Morgan fingerprint density at radius 3 is 2.33 bits per heavy atom. The van der Waals surface area contributed by atoms with E-state index in [1.807, 2.05) is 6.92 Å². The molecule has 0 aromatic rings. The number of amides is 1. The van der Waals surface area contributed by atoms with E-state index in [-0.39, 0.29) is 23.0 Å². The maximum absolute atomic E-state index is 10.9. The molecule has 0 aliphatic heterocycles. The number of hydrogen-bond donors (Lipinski definition) is 2. The molecule has 0 radical (unpaired) electrons. The van der Waals surface area contributed by atoms with Crippen molar-refractivity contribution in [3.05, 3.63) is 0 Å². The van der Waals surface area contributed by atoms with Gasteiger partial charge in [0.15, 0.2) is 0 Å². The van der Waals surface area contributed by atoms with Crippen molar-refractivity contribution in [3.8, 4) is 0 Å². The van der Waals surface area contributed by atoms with Crippen LogP contribution in [0.3, 0.4) is 0 Å². The van der Waals surface area contributed by atoms with Gasteiger partial charge in [0.2, 0.25) is 0 Å². The molecule has 0 aliphatic carbocycles. The smallest absolute Gasteiger partial charge is 0.407 e. The average molecular weight is 329 g/mol. The van der Waals surface area contributed by atoms with Crippen molar-refractivity contribution in [3.63, 3.8) is 0 Å².